The molecule has 3 heteroatoms. The van der Waals surface area contributed by atoms with Gasteiger partial charge in [-0.25, -0.2) is 8.78 Å². The molecule has 0 unspecified atom stereocenters. The number of halogens is 2. The van der Waals surface area contributed by atoms with E-state index < -0.39 is 11.6 Å². The lowest BCUT2D eigenvalue weighted by atomic mass is 10.1. The number of unbranched alkanes of at least 4 members (excludes halogenated alkanes) is 3. The van der Waals surface area contributed by atoms with Crippen molar-refractivity contribution in [3.63, 3.8) is 0 Å². The van der Waals surface area contributed by atoms with Gasteiger partial charge >= 0.3 is 0 Å². The van der Waals surface area contributed by atoms with Gasteiger partial charge in [0.15, 0.2) is 11.6 Å². The molecule has 0 amide bonds. The van der Waals surface area contributed by atoms with Gasteiger partial charge in [-0.15, -0.1) is 0 Å². The second-order valence-electron chi connectivity index (χ2n) is 5.31. The Balaban J connectivity index is 1.90. The fraction of sp³-hybridized carbons (Fsp3) is 0.300. The van der Waals surface area contributed by atoms with Gasteiger partial charge in [-0.3, -0.25) is 0 Å². The zero-order valence-electron chi connectivity index (χ0n) is 13.2. The molecule has 0 bridgehead atoms. The van der Waals surface area contributed by atoms with Crippen LogP contribution in [0.3, 0.4) is 0 Å². The Labute approximate surface area is 136 Å². The highest BCUT2D eigenvalue weighted by atomic mass is 19.2. The van der Waals surface area contributed by atoms with E-state index in [2.05, 4.69) is 18.8 Å². The van der Waals surface area contributed by atoms with Crippen molar-refractivity contribution in [3.05, 3.63) is 65.2 Å². The Kier molecular flexibility index (Phi) is 6.62. The van der Waals surface area contributed by atoms with E-state index in [1.54, 1.807) is 0 Å². The second-order valence-corrected chi connectivity index (χ2v) is 5.31. The van der Waals surface area contributed by atoms with Gasteiger partial charge in [-0.05, 0) is 48.9 Å². The van der Waals surface area contributed by atoms with Crippen molar-refractivity contribution in [2.45, 2.75) is 32.6 Å². The first-order valence-corrected chi connectivity index (χ1v) is 7.89. The van der Waals surface area contributed by atoms with Crippen molar-refractivity contribution in [1.82, 2.24) is 0 Å². The zero-order valence-corrected chi connectivity index (χ0v) is 13.2. The highest BCUT2D eigenvalue weighted by Gasteiger charge is 2.00. The van der Waals surface area contributed by atoms with E-state index in [0.717, 1.165) is 36.5 Å². The molecule has 0 saturated heterocycles. The van der Waals surface area contributed by atoms with Gasteiger partial charge in [0.25, 0.3) is 0 Å². The summed E-state index contributed by atoms with van der Waals surface area (Å²) in [6.07, 6.45) is 4.70. The van der Waals surface area contributed by atoms with Crippen molar-refractivity contribution >= 4 is 0 Å². The Bertz CT molecular complexity index is 681. The second kappa shape index (κ2) is 8.95. The molecule has 0 atom stereocenters. The molecular formula is C20H20F2O. The van der Waals surface area contributed by atoms with E-state index in [9.17, 15) is 8.78 Å². The maximum absolute atomic E-state index is 13.1. The van der Waals surface area contributed by atoms with Crippen molar-refractivity contribution < 1.29 is 13.5 Å². The summed E-state index contributed by atoms with van der Waals surface area (Å²) in [6, 6.07) is 11.1. The van der Waals surface area contributed by atoms with Gasteiger partial charge in [0, 0.05) is 11.1 Å². The van der Waals surface area contributed by atoms with Crippen LogP contribution in [0.1, 0.15) is 43.7 Å². The maximum Gasteiger partial charge on any atom is 0.160 e. The predicted molar refractivity (Wildman–Crippen MR) is 88.4 cm³/mol. The lowest BCUT2D eigenvalue weighted by Crippen LogP contribution is -1.96. The third-order valence-corrected chi connectivity index (χ3v) is 3.39. The number of ether oxygens (including phenoxy) is 1. The first kappa shape index (κ1) is 17.0. The van der Waals surface area contributed by atoms with Gasteiger partial charge in [-0.2, -0.15) is 0 Å². The molecule has 0 aromatic heterocycles. The maximum atomic E-state index is 13.1. The molecule has 0 N–H and O–H groups in total. The standard InChI is InChI=1S/C20H20F2O/c1-2-3-4-5-14-23-18-11-8-16(9-12-18)6-7-17-10-13-19(21)20(22)15-17/h8-13,15H,2-5,14H2,1H3. The summed E-state index contributed by atoms with van der Waals surface area (Å²) in [5, 5.41) is 0. The summed E-state index contributed by atoms with van der Waals surface area (Å²) in [7, 11) is 0. The summed E-state index contributed by atoms with van der Waals surface area (Å²) in [4.78, 5) is 0. The van der Waals surface area contributed by atoms with E-state index >= 15 is 0 Å². The molecule has 2 aromatic rings. The van der Waals surface area contributed by atoms with E-state index in [4.69, 9.17) is 4.74 Å². The van der Waals surface area contributed by atoms with Crippen LogP contribution in [0.15, 0.2) is 42.5 Å². The number of hydrogen-bond donors (Lipinski definition) is 0. The third kappa shape index (κ3) is 5.75. The fourth-order valence-electron chi connectivity index (χ4n) is 2.07. The highest BCUT2D eigenvalue weighted by Crippen LogP contribution is 2.13. The molecule has 0 aliphatic heterocycles. The molecule has 0 spiro atoms. The molecule has 1 nitrogen and oxygen atoms in total. The Hall–Kier alpha value is -2.34. The van der Waals surface area contributed by atoms with E-state index in [-0.39, 0.29) is 0 Å². The summed E-state index contributed by atoms with van der Waals surface area (Å²) in [6.45, 7) is 2.90. The quantitative estimate of drug-likeness (QED) is 0.517. The smallest absolute Gasteiger partial charge is 0.160 e. The van der Waals surface area contributed by atoms with Crippen LogP contribution in [0.25, 0.3) is 0 Å². The normalized spacial score (nSPS) is 10.0. The van der Waals surface area contributed by atoms with E-state index in [1.165, 1.54) is 25.3 Å². The van der Waals surface area contributed by atoms with Crippen LogP contribution in [-0.4, -0.2) is 6.61 Å². The summed E-state index contributed by atoms with van der Waals surface area (Å²) in [5.74, 6) is 4.81. The van der Waals surface area contributed by atoms with Crippen molar-refractivity contribution in [3.8, 4) is 17.6 Å². The van der Waals surface area contributed by atoms with Gasteiger partial charge in [-0.1, -0.05) is 38.0 Å². The summed E-state index contributed by atoms with van der Waals surface area (Å²) < 4.78 is 31.6. The average molecular weight is 314 g/mol. The summed E-state index contributed by atoms with van der Waals surface area (Å²) >= 11 is 0. The predicted octanol–water partition coefficient (Wildman–Crippen LogP) is 5.32. The van der Waals surface area contributed by atoms with Crippen molar-refractivity contribution in [2.24, 2.45) is 0 Å². The van der Waals surface area contributed by atoms with Crippen LogP contribution in [-0.2, 0) is 0 Å². The minimum absolute atomic E-state index is 0.445. The van der Waals surface area contributed by atoms with E-state index in [1.807, 2.05) is 24.3 Å². The fourth-order valence-corrected chi connectivity index (χ4v) is 2.07. The molecule has 0 radical (unpaired) electrons. The SMILES string of the molecule is CCCCCCOc1ccc(C#Cc2ccc(F)c(F)c2)cc1. The lowest BCUT2D eigenvalue weighted by molar-refractivity contribution is 0.305. The Morgan fingerprint density at radius 1 is 0.826 bits per heavy atom. The van der Waals surface area contributed by atoms with Gasteiger partial charge in [0.2, 0.25) is 0 Å². The molecule has 0 aliphatic carbocycles. The molecule has 0 fully saturated rings. The number of hydrogen-bond acceptors (Lipinski definition) is 1. The molecule has 23 heavy (non-hydrogen) atoms. The zero-order chi connectivity index (χ0) is 16.5. The van der Waals surface area contributed by atoms with E-state index in [0.29, 0.717) is 5.56 Å². The van der Waals surface area contributed by atoms with Crippen molar-refractivity contribution in [2.75, 3.05) is 6.61 Å². The molecule has 120 valence electrons. The third-order valence-electron chi connectivity index (χ3n) is 3.39. The molecular weight excluding hydrogens is 294 g/mol. The molecule has 0 heterocycles. The highest BCUT2D eigenvalue weighted by molar-refractivity contribution is 5.44. The van der Waals surface area contributed by atoms with Crippen LogP contribution in [0, 0.1) is 23.5 Å². The van der Waals surface area contributed by atoms with Crippen LogP contribution >= 0.6 is 0 Å². The minimum atomic E-state index is -0.886. The Morgan fingerprint density at radius 2 is 1.52 bits per heavy atom. The van der Waals surface area contributed by atoms with Crippen molar-refractivity contribution in [1.29, 1.82) is 0 Å². The molecule has 2 aromatic carbocycles. The van der Waals surface area contributed by atoms with Gasteiger partial charge in [0.05, 0.1) is 6.61 Å². The largest absolute Gasteiger partial charge is 0.494 e. The van der Waals surface area contributed by atoms with Gasteiger partial charge in [0.1, 0.15) is 5.75 Å². The topological polar surface area (TPSA) is 9.23 Å². The minimum Gasteiger partial charge on any atom is -0.494 e. The molecule has 0 saturated carbocycles. The van der Waals surface area contributed by atoms with Crippen LogP contribution in [0.4, 0.5) is 8.78 Å². The number of benzene rings is 2. The van der Waals surface area contributed by atoms with Gasteiger partial charge < -0.3 is 4.74 Å². The number of rotatable bonds is 6. The average Bonchev–Trinajstić information content (AvgIpc) is 2.57. The Morgan fingerprint density at radius 3 is 2.22 bits per heavy atom. The van der Waals surface area contributed by atoms with Crippen LogP contribution in [0.2, 0.25) is 0 Å². The first-order chi connectivity index (χ1) is 11.2. The lowest BCUT2D eigenvalue weighted by Gasteiger charge is -2.05. The molecule has 0 aliphatic rings. The molecule has 2 rings (SSSR count). The first-order valence-electron chi connectivity index (χ1n) is 7.89. The monoisotopic (exact) mass is 314 g/mol. The summed E-state index contributed by atoms with van der Waals surface area (Å²) in [5.41, 5.74) is 1.24. The van der Waals surface area contributed by atoms with Crippen LogP contribution < -0.4 is 4.74 Å². The van der Waals surface area contributed by atoms with Crippen LogP contribution in [0.5, 0.6) is 5.75 Å².